The number of hydrogen-bond donors (Lipinski definition) is 3. The number of sulfonamides is 1. The van der Waals surface area contributed by atoms with Crippen LogP contribution in [0, 0.1) is 5.92 Å². The number of fused-ring (bicyclic) bond motifs is 2. The number of alkyl carbamates (subject to hydrolysis) is 1. The summed E-state index contributed by atoms with van der Waals surface area (Å²) in [5, 5.41) is 5.07. The molecule has 0 radical (unpaired) electrons. The van der Waals surface area contributed by atoms with E-state index >= 15 is 0 Å². The molecule has 1 unspecified atom stereocenters. The molecular weight excluding hydrogens is 584 g/mol. The maximum absolute atomic E-state index is 14.2. The van der Waals surface area contributed by atoms with Gasteiger partial charge in [0.05, 0.1) is 5.25 Å². The topological polar surface area (TPSA) is 151 Å². The minimum atomic E-state index is -3.83. The van der Waals surface area contributed by atoms with Crippen LogP contribution in [0.15, 0.2) is 42.5 Å². The molecule has 2 aliphatic heterocycles. The van der Waals surface area contributed by atoms with E-state index in [0.29, 0.717) is 32.1 Å². The number of benzene rings is 1. The Morgan fingerprint density at radius 2 is 1.77 bits per heavy atom. The van der Waals surface area contributed by atoms with Crippen LogP contribution in [-0.4, -0.2) is 72.2 Å². The number of carbonyl (C=O) groups excluding carboxylic acids is 4. The Morgan fingerprint density at radius 1 is 1.05 bits per heavy atom. The van der Waals surface area contributed by atoms with Gasteiger partial charge in [-0.25, -0.2) is 13.2 Å². The van der Waals surface area contributed by atoms with Gasteiger partial charge in [-0.3, -0.25) is 19.1 Å². The van der Waals surface area contributed by atoms with Gasteiger partial charge in [-0.1, -0.05) is 55.3 Å². The van der Waals surface area contributed by atoms with Crippen molar-refractivity contribution < 1.29 is 32.3 Å². The third kappa shape index (κ3) is 7.44. The van der Waals surface area contributed by atoms with E-state index in [1.807, 2.05) is 42.5 Å². The third-order valence-electron chi connectivity index (χ3n) is 8.84. The van der Waals surface area contributed by atoms with Crippen LogP contribution >= 0.6 is 0 Å². The van der Waals surface area contributed by atoms with Gasteiger partial charge in [0.15, 0.2) is 0 Å². The van der Waals surface area contributed by atoms with Crippen molar-refractivity contribution in [1.82, 2.24) is 20.3 Å². The van der Waals surface area contributed by atoms with Crippen molar-refractivity contribution in [3.63, 3.8) is 0 Å². The van der Waals surface area contributed by atoms with Gasteiger partial charge in [0.2, 0.25) is 21.8 Å². The van der Waals surface area contributed by atoms with E-state index in [9.17, 15) is 27.6 Å². The highest BCUT2D eigenvalue weighted by Crippen LogP contribution is 2.46. The molecule has 1 aromatic rings. The van der Waals surface area contributed by atoms with Gasteiger partial charge >= 0.3 is 6.09 Å². The fraction of sp³-hybridized carbons (Fsp3) is 0.625. The molecule has 0 bridgehead atoms. The standard InChI is InChI=1S/C32H44N4O7S/c1-31(2,3)43-30(40)33-25-15-11-6-4-5-10-14-23-19-32(23,29(39)35-44(41,42)24-16-17-24)34-27(37)26-18-22(20-36(26)28(25)38)21-12-8-7-9-13-21/h7-10,12-14,22-26H,4-6,11,15-20H2,1-3H3,(H,33,40)(H,34,37)(H,35,39)/b14-10-/t22-,23?,25+,26+,32-/m1/s1. The minimum absolute atomic E-state index is 0.146. The molecule has 2 saturated carbocycles. The number of nitrogens with one attached hydrogen (secondary N) is 3. The second-order valence-electron chi connectivity index (χ2n) is 13.6. The molecule has 11 nitrogen and oxygen atoms in total. The summed E-state index contributed by atoms with van der Waals surface area (Å²) in [6.07, 6.45) is 8.20. The first-order valence-electron chi connectivity index (χ1n) is 15.7. The van der Waals surface area contributed by atoms with Gasteiger partial charge < -0.3 is 20.3 Å². The fourth-order valence-electron chi connectivity index (χ4n) is 6.22. The van der Waals surface area contributed by atoms with E-state index < -0.39 is 56.4 Å². The Labute approximate surface area is 259 Å². The van der Waals surface area contributed by atoms with Crippen molar-refractivity contribution in [3.05, 3.63) is 48.0 Å². The number of allylic oxidation sites excluding steroid dienone is 1. The van der Waals surface area contributed by atoms with Crippen LogP contribution in [0.25, 0.3) is 0 Å². The van der Waals surface area contributed by atoms with Crippen molar-refractivity contribution in [2.75, 3.05) is 6.54 Å². The highest BCUT2D eigenvalue weighted by Gasteiger charge is 2.62. The second-order valence-corrected chi connectivity index (χ2v) is 15.5. The molecule has 3 N–H and O–H groups in total. The maximum atomic E-state index is 14.2. The molecule has 5 rings (SSSR count). The first-order chi connectivity index (χ1) is 20.8. The lowest BCUT2D eigenvalue weighted by molar-refractivity contribution is -0.141. The summed E-state index contributed by atoms with van der Waals surface area (Å²) in [5.41, 5.74) is -1.19. The van der Waals surface area contributed by atoms with Crippen LogP contribution in [0.3, 0.4) is 0 Å². The van der Waals surface area contributed by atoms with E-state index in [1.54, 1.807) is 20.8 Å². The molecular formula is C32H44N4O7S. The van der Waals surface area contributed by atoms with Crippen LogP contribution in [0.2, 0.25) is 0 Å². The quantitative estimate of drug-likeness (QED) is 0.424. The zero-order valence-corrected chi connectivity index (χ0v) is 26.5. The molecule has 44 heavy (non-hydrogen) atoms. The molecule has 12 heteroatoms. The molecule has 2 heterocycles. The van der Waals surface area contributed by atoms with E-state index in [0.717, 1.165) is 24.8 Å². The molecule has 4 aliphatic rings. The average Bonchev–Trinajstić information content (AvgIpc) is 3.87. The number of rotatable bonds is 5. The van der Waals surface area contributed by atoms with E-state index in [1.165, 1.54) is 4.90 Å². The number of amides is 4. The lowest BCUT2D eigenvalue weighted by atomic mass is 9.96. The Balaban J connectivity index is 1.44. The Bertz CT molecular complexity index is 1400. The third-order valence-corrected chi connectivity index (χ3v) is 10.7. The largest absolute Gasteiger partial charge is 0.444 e. The Hall–Kier alpha value is -3.41. The van der Waals surface area contributed by atoms with Gasteiger partial charge in [-0.05, 0) is 71.3 Å². The summed E-state index contributed by atoms with van der Waals surface area (Å²) in [7, 11) is -3.83. The summed E-state index contributed by atoms with van der Waals surface area (Å²) in [5.74, 6) is -2.14. The van der Waals surface area contributed by atoms with E-state index in [4.69, 9.17) is 4.74 Å². The molecule has 2 aliphatic carbocycles. The van der Waals surface area contributed by atoms with Crippen LogP contribution in [0.4, 0.5) is 4.79 Å². The Kier molecular flexibility index (Phi) is 9.11. The molecule has 240 valence electrons. The summed E-state index contributed by atoms with van der Waals surface area (Å²) >= 11 is 0. The SMILES string of the molecule is CC(C)(C)OC(=O)N[C@H]1CCCCC/C=C\C2C[C@@]2(C(=O)NS(=O)(=O)C2CC2)NC(=O)[C@@H]2C[C@@H](c3ccccc3)CN2C1=O. The Morgan fingerprint density at radius 3 is 2.45 bits per heavy atom. The summed E-state index contributed by atoms with van der Waals surface area (Å²) in [6.45, 7) is 5.50. The molecule has 0 aromatic heterocycles. The molecule has 1 aromatic carbocycles. The molecule has 4 amide bonds. The van der Waals surface area contributed by atoms with E-state index in [-0.39, 0.29) is 30.7 Å². The number of carbonyl (C=O) groups is 4. The predicted molar refractivity (Wildman–Crippen MR) is 164 cm³/mol. The van der Waals surface area contributed by atoms with Crippen LogP contribution in [0.1, 0.15) is 90.0 Å². The number of hydrogen-bond acceptors (Lipinski definition) is 7. The predicted octanol–water partition coefficient (Wildman–Crippen LogP) is 3.27. The van der Waals surface area contributed by atoms with Crippen molar-refractivity contribution in [2.45, 2.75) is 113 Å². The van der Waals surface area contributed by atoms with Crippen LogP contribution in [0.5, 0.6) is 0 Å². The molecule has 5 atom stereocenters. The summed E-state index contributed by atoms with van der Waals surface area (Å²) < 4.78 is 33.0. The van der Waals surface area contributed by atoms with Crippen LogP contribution < -0.4 is 15.4 Å². The highest BCUT2D eigenvalue weighted by molar-refractivity contribution is 7.91. The summed E-state index contributed by atoms with van der Waals surface area (Å²) in [4.78, 5) is 56.0. The van der Waals surface area contributed by atoms with Crippen molar-refractivity contribution in [2.24, 2.45) is 5.92 Å². The highest BCUT2D eigenvalue weighted by atomic mass is 32.2. The lowest BCUT2D eigenvalue weighted by Gasteiger charge is -2.30. The average molecular weight is 629 g/mol. The van der Waals surface area contributed by atoms with Crippen molar-refractivity contribution >= 4 is 33.8 Å². The zero-order valence-electron chi connectivity index (χ0n) is 25.7. The second kappa shape index (κ2) is 12.5. The van der Waals surface area contributed by atoms with Gasteiger partial charge in [-0.2, -0.15) is 0 Å². The zero-order chi connectivity index (χ0) is 31.7. The molecule has 1 saturated heterocycles. The summed E-state index contributed by atoms with van der Waals surface area (Å²) in [6, 6.07) is 7.79. The normalized spacial score (nSPS) is 30.5. The van der Waals surface area contributed by atoms with Gasteiger partial charge in [0, 0.05) is 18.4 Å². The molecule has 0 spiro atoms. The minimum Gasteiger partial charge on any atom is -0.444 e. The first kappa shape index (κ1) is 32.0. The number of ether oxygens (including phenoxy) is 1. The maximum Gasteiger partial charge on any atom is 0.408 e. The monoisotopic (exact) mass is 628 g/mol. The van der Waals surface area contributed by atoms with Gasteiger partial charge in [0.25, 0.3) is 5.91 Å². The lowest BCUT2D eigenvalue weighted by Crippen LogP contribution is -2.58. The van der Waals surface area contributed by atoms with E-state index in [2.05, 4.69) is 15.4 Å². The molecule has 3 fully saturated rings. The smallest absolute Gasteiger partial charge is 0.408 e. The fourth-order valence-corrected chi connectivity index (χ4v) is 7.58. The van der Waals surface area contributed by atoms with Gasteiger partial charge in [-0.15, -0.1) is 0 Å². The van der Waals surface area contributed by atoms with Gasteiger partial charge in [0.1, 0.15) is 23.2 Å². The van der Waals surface area contributed by atoms with Crippen molar-refractivity contribution in [1.29, 1.82) is 0 Å². The number of nitrogens with zero attached hydrogens (tertiary/aromatic N) is 1. The first-order valence-corrected chi connectivity index (χ1v) is 17.2. The van der Waals surface area contributed by atoms with Crippen LogP contribution in [-0.2, 0) is 29.1 Å². The van der Waals surface area contributed by atoms with Crippen molar-refractivity contribution in [3.8, 4) is 0 Å².